The summed E-state index contributed by atoms with van der Waals surface area (Å²) in [6.07, 6.45) is 0.375. The summed E-state index contributed by atoms with van der Waals surface area (Å²) in [5, 5.41) is 2.72. The van der Waals surface area contributed by atoms with Crippen LogP contribution in [0.25, 0.3) is 0 Å². The summed E-state index contributed by atoms with van der Waals surface area (Å²) in [4.78, 5) is 12.3. The van der Waals surface area contributed by atoms with Crippen molar-refractivity contribution in [2.75, 3.05) is 23.9 Å². The molecule has 1 saturated heterocycles. The third kappa shape index (κ3) is 5.55. The summed E-state index contributed by atoms with van der Waals surface area (Å²) in [7, 11) is -5.49. The Morgan fingerprint density at radius 3 is 2.45 bits per heavy atom. The van der Waals surface area contributed by atoms with Crippen LogP contribution >= 0.6 is 0 Å². The molecule has 0 aliphatic carbocycles. The first kappa shape index (κ1) is 21.3. The van der Waals surface area contributed by atoms with E-state index in [0.29, 0.717) is 11.4 Å². The van der Waals surface area contributed by atoms with Gasteiger partial charge in [0.25, 0.3) is 0 Å². The third-order valence-corrected chi connectivity index (χ3v) is 7.85. The molecule has 1 fully saturated rings. The second kappa shape index (κ2) is 8.52. The SMILES string of the molecule is COc1ccccc1CC(=O)Nc1ccc(S(=O)(=O)NC2CCS(=O)(=O)C2)cc1. The lowest BCUT2D eigenvalue weighted by molar-refractivity contribution is -0.115. The summed E-state index contributed by atoms with van der Waals surface area (Å²) >= 11 is 0. The molecule has 10 heteroatoms. The predicted molar refractivity (Wildman–Crippen MR) is 109 cm³/mol. The van der Waals surface area contributed by atoms with Crippen LogP contribution < -0.4 is 14.8 Å². The molecule has 1 atom stereocenters. The van der Waals surface area contributed by atoms with Gasteiger partial charge in [-0.2, -0.15) is 0 Å². The third-order valence-electron chi connectivity index (χ3n) is 4.55. The quantitative estimate of drug-likeness (QED) is 0.673. The number of methoxy groups -OCH3 is 1. The Morgan fingerprint density at radius 2 is 1.83 bits per heavy atom. The van der Waals surface area contributed by atoms with Crippen molar-refractivity contribution in [3.63, 3.8) is 0 Å². The van der Waals surface area contributed by atoms with Gasteiger partial charge >= 0.3 is 0 Å². The molecule has 0 bridgehead atoms. The number of sulfone groups is 1. The standard InChI is InChI=1S/C19H22N2O6S2/c1-27-18-5-3-2-4-14(18)12-19(22)20-15-6-8-17(9-7-15)29(25,26)21-16-10-11-28(23,24)13-16/h2-9,16,21H,10-13H2,1H3,(H,20,22). The van der Waals surface area contributed by atoms with Gasteiger partial charge in [0.05, 0.1) is 29.9 Å². The van der Waals surface area contributed by atoms with E-state index < -0.39 is 25.9 Å². The highest BCUT2D eigenvalue weighted by Crippen LogP contribution is 2.20. The fourth-order valence-electron chi connectivity index (χ4n) is 3.12. The summed E-state index contributed by atoms with van der Waals surface area (Å²) in [6.45, 7) is 0. The van der Waals surface area contributed by atoms with E-state index >= 15 is 0 Å². The molecule has 1 aliphatic heterocycles. The molecule has 8 nitrogen and oxygen atoms in total. The number of rotatable bonds is 7. The molecular formula is C19H22N2O6S2. The van der Waals surface area contributed by atoms with Crippen LogP contribution in [0.1, 0.15) is 12.0 Å². The second-order valence-electron chi connectivity index (χ2n) is 6.78. The van der Waals surface area contributed by atoms with Crippen LogP contribution in [-0.2, 0) is 31.1 Å². The van der Waals surface area contributed by atoms with E-state index in [0.717, 1.165) is 5.56 Å². The van der Waals surface area contributed by atoms with Gasteiger partial charge in [0, 0.05) is 17.3 Å². The number of carbonyl (C=O) groups excluding carboxylic acids is 1. The lowest BCUT2D eigenvalue weighted by Gasteiger charge is -2.12. The van der Waals surface area contributed by atoms with E-state index in [9.17, 15) is 21.6 Å². The number of ether oxygens (including phenoxy) is 1. The normalized spacial score (nSPS) is 18.3. The van der Waals surface area contributed by atoms with Crippen molar-refractivity contribution in [3.05, 3.63) is 54.1 Å². The van der Waals surface area contributed by atoms with E-state index in [1.807, 2.05) is 12.1 Å². The maximum Gasteiger partial charge on any atom is 0.240 e. The van der Waals surface area contributed by atoms with Crippen LogP contribution in [0.5, 0.6) is 5.75 Å². The molecule has 3 rings (SSSR count). The molecule has 0 spiro atoms. The molecule has 1 unspecified atom stereocenters. The average molecular weight is 439 g/mol. The van der Waals surface area contributed by atoms with Gasteiger partial charge in [-0.05, 0) is 36.8 Å². The van der Waals surface area contributed by atoms with Crippen molar-refractivity contribution in [1.82, 2.24) is 4.72 Å². The Bertz CT molecular complexity index is 1100. The van der Waals surface area contributed by atoms with Crippen molar-refractivity contribution in [3.8, 4) is 5.75 Å². The summed E-state index contributed by atoms with van der Waals surface area (Å²) < 4.78 is 55.5. The van der Waals surface area contributed by atoms with E-state index in [1.54, 1.807) is 12.1 Å². The van der Waals surface area contributed by atoms with Gasteiger partial charge in [-0.25, -0.2) is 21.6 Å². The molecule has 0 radical (unpaired) electrons. The van der Waals surface area contributed by atoms with Crippen molar-refractivity contribution in [2.45, 2.75) is 23.8 Å². The number of nitrogens with one attached hydrogen (secondary N) is 2. The van der Waals surface area contributed by atoms with Crippen molar-refractivity contribution in [2.24, 2.45) is 0 Å². The Morgan fingerprint density at radius 1 is 1.14 bits per heavy atom. The summed E-state index contributed by atoms with van der Waals surface area (Å²) in [5.41, 5.74) is 1.19. The first-order chi connectivity index (χ1) is 13.7. The predicted octanol–water partition coefficient (Wildman–Crippen LogP) is 1.34. The number of benzene rings is 2. The summed E-state index contributed by atoms with van der Waals surface area (Å²) in [5.74, 6) is 0.143. The van der Waals surface area contributed by atoms with Crippen LogP contribution in [0.15, 0.2) is 53.4 Å². The Hall–Kier alpha value is -2.43. The van der Waals surface area contributed by atoms with Gasteiger partial charge in [0.1, 0.15) is 5.75 Å². The lowest BCUT2D eigenvalue weighted by Crippen LogP contribution is -2.35. The largest absolute Gasteiger partial charge is 0.496 e. The average Bonchev–Trinajstić information content (AvgIpc) is 3.00. The molecule has 2 aromatic carbocycles. The Kier molecular flexibility index (Phi) is 6.25. The molecule has 2 N–H and O–H groups in total. The van der Waals surface area contributed by atoms with Gasteiger partial charge in [0.15, 0.2) is 9.84 Å². The fraction of sp³-hybridized carbons (Fsp3) is 0.316. The van der Waals surface area contributed by atoms with Gasteiger partial charge in [-0.15, -0.1) is 0 Å². The molecule has 0 saturated carbocycles. The Balaban J connectivity index is 1.63. The second-order valence-corrected chi connectivity index (χ2v) is 10.7. The van der Waals surface area contributed by atoms with Gasteiger partial charge in [-0.1, -0.05) is 18.2 Å². The maximum atomic E-state index is 12.4. The minimum absolute atomic E-state index is 0.00419. The molecule has 1 amide bonds. The van der Waals surface area contributed by atoms with E-state index in [-0.39, 0.29) is 35.2 Å². The molecule has 0 aromatic heterocycles. The highest BCUT2D eigenvalue weighted by molar-refractivity contribution is 7.92. The van der Waals surface area contributed by atoms with E-state index in [4.69, 9.17) is 4.74 Å². The zero-order valence-electron chi connectivity index (χ0n) is 15.8. The fourth-order valence-corrected chi connectivity index (χ4v) is 6.17. The maximum absolute atomic E-state index is 12.4. The van der Waals surface area contributed by atoms with Crippen molar-refractivity contribution in [1.29, 1.82) is 0 Å². The lowest BCUT2D eigenvalue weighted by atomic mass is 10.1. The molecular weight excluding hydrogens is 416 g/mol. The van der Waals surface area contributed by atoms with E-state index in [1.165, 1.54) is 31.4 Å². The zero-order valence-corrected chi connectivity index (χ0v) is 17.4. The molecule has 156 valence electrons. The topological polar surface area (TPSA) is 119 Å². The van der Waals surface area contributed by atoms with Crippen molar-refractivity contribution < 1.29 is 26.4 Å². The number of anilines is 1. The van der Waals surface area contributed by atoms with Gasteiger partial charge < -0.3 is 10.1 Å². The van der Waals surface area contributed by atoms with Gasteiger partial charge in [0.2, 0.25) is 15.9 Å². The monoisotopic (exact) mass is 438 g/mol. The minimum Gasteiger partial charge on any atom is -0.496 e. The number of para-hydroxylation sites is 1. The number of hydrogen-bond acceptors (Lipinski definition) is 6. The highest BCUT2D eigenvalue weighted by atomic mass is 32.2. The van der Waals surface area contributed by atoms with Crippen LogP contribution in [-0.4, -0.2) is 47.4 Å². The van der Waals surface area contributed by atoms with Crippen LogP contribution in [0.4, 0.5) is 5.69 Å². The van der Waals surface area contributed by atoms with Crippen molar-refractivity contribution >= 4 is 31.5 Å². The summed E-state index contributed by atoms with van der Waals surface area (Å²) in [6, 6.07) is 12.3. The van der Waals surface area contributed by atoms with Gasteiger partial charge in [-0.3, -0.25) is 4.79 Å². The first-order valence-electron chi connectivity index (χ1n) is 8.93. The van der Waals surface area contributed by atoms with Crippen LogP contribution in [0, 0.1) is 0 Å². The number of amides is 1. The van der Waals surface area contributed by atoms with E-state index in [2.05, 4.69) is 10.0 Å². The first-order valence-corrected chi connectivity index (χ1v) is 12.2. The minimum atomic E-state index is -3.84. The molecule has 2 aromatic rings. The number of carbonyl (C=O) groups is 1. The smallest absolute Gasteiger partial charge is 0.240 e. The molecule has 1 aliphatic rings. The highest BCUT2D eigenvalue weighted by Gasteiger charge is 2.31. The van der Waals surface area contributed by atoms with Crippen LogP contribution in [0.2, 0.25) is 0 Å². The zero-order chi connectivity index (χ0) is 21.1. The number of sulfonamides is 1. The molecule has 29 heavy (non-hydrogen) atoms. The van der Waals surface area contributed by atoms with Crippen LogP contribution in [0.3, 0.4) is 0 Å². The molecule has 1 heterocycles. The number of hydrogen-bond donors (Lipinski definition) is 2. The Labute approximate surface area is 170 Å².